The molecule has 0 aliphatic heterocycles. The Morgan fingerprint density at radius 1 is 1.25 bits per heavy atom. The molecule has 0 aromatic heterocycles. The number of ether oxygens (including phenoxy) is 1. The summed E-state index contributed by atoms with van der Waals surface area (Å²) < 4.78 is 18.4. The number of halogens is 1. The zero-order chi connectivity index (χ0) is 20.2. The summed E-state index contributed by atoms with van der Waals surface area (Å²) in [4.78, 5) is 12.4. The lowest BCUT2D eigenvalue weighted by molar-refractivity contribution is 0.0162. The Morgan fingerprint density at radius 3 is 2.61 bits per heavy atom. The van der Waals surface area contributed by atoms with Gasteiger partial charge in [-0.25, -0.2) is 4.79 Å². The summed E-state index contributed by atoms with van der Waals surface area (Å²) in [5.74, 6) is -0.379. The number of hydrogen-bond donors (Lipinski definition) is 0. The second kappa shape index (κ2) is 12.1. The smallest absolute Gasteiger partial charge is 0.338 e. The van der Waals surface area contributed by atoms with Crippen LogP contribution in [-0.4, -0.2) is 12.1 Å². The van der Waals surface area contributed by atoms with Crippen LogP contribution in [0.25, 0.3) is 0 Å². The minimum Gasteiger partial charge on any atom is -0.459 e. The highest BCUT2D eigenvalue weighted by Crippen LogP contribution is 2.30. The molecule has 0 spiro atoms. The largest absolute Gasteiger partial charge is 0.459 e. The second-order valence-corrected chi connectivity index (χ2v) is 7.48. The van der Waals surface area contributed by atoms with E-state index in [1.54, 1.807) is 6.08 Å². The van der Waals surface area contributed by atoms with Gasteiger partial charge in [-0.2, -0.15) is 9.65 Å². The number of aryl methyl sites for hydroxylation is 1. The summed E-state index contributed by atoms with van der Waals surface area (Å²) >= 11 is 0. The van der Waals surface area contributed by atoms with Gasteiger partial charge in [0, 0.05) is 0 Å². The molecule has 0 heterocycles. The maximum absolute atomic E-state index is 12.7. The number of carbonyl (C=O) groups excluding carboxylic acids is 1. The van der Waals surface area contributed by atoms with E-state index in [2.05, 4.69) is 6.92 Å². The molecule has 1 aromatic carbocycles. The van der Waals surface area contributed by atoms with Crippen molar-refractivity contribution >= 4 is 5.97 Å². The number of nitrogens with zero attached hydrogens (tertiary/aromatic N) is 1. The number of carbonyl (C=O) groups is 1. The van der Waals surface area contributed by atoms with Crippen LogP contribution in [0.15, 0.2) is 48.3 Å². The monoisotopic (exact) mass is 383 g/mol. The van der Waals surface area contributed by atoms with Crippen LogP contribution in [0.5, 0.6) is 0 Å². The predicted molar refractivity (Wildman–Crippen MR) is 109 cm³/mol. The van der Waals surface area contributed by atoms with Crippen molar-refractivity contribution in [3.63, 3.8) is 0 Å². The average molecular weight is 384 g/mol. The van der Waals surface area contributed by atoms with E-state index in [0.29, 0.717) is 11.5 Å². The number of rotatable bonds is 9. The van der Waals surface area contributed by atoms with Gasteiger partial charge >= 0.3 is 5.97 Å². The standard InChI is InChI=1S/C24H30FNO2/c1-2-3-7-19-10-14-21(15-11-19)24(27)28-23-16-12-20(13-17-23)8-5-4-6-9-22(25)18-26/h4,6,9-11,14-15,20,23H,2-3,5,7-8,12-13,16-17H2,1H3. The van der Waals surface area contributed by atoms with E-state index in [4.69, 9.17) is 10.00 Å². The molecule has 0 unspecified atom stereocenters. The number of benzene rings is 1. The number of allylic oxidation sites excluding steroid dienone is 4. The highest BCUT2D eigenvalue weighted by Gasteiger charge is 2.23. The van der Waals surface area contributed by atoms with Crippen LogP contribution >= 0.6 is 0 Å². The number of unbranched alkanes of at least 4 members (excludes halogenated alkanes) is 1. The molecule has 1 aliphatic carbocycles. The van der Waals surface area contributed by atoms with Crippen molar-refractivity contribution in [2.75, 3.05) is 0 Å². The average Bonchev–Trinajstić information content (AvgIpc) is 2.73. The van der Waals surface area contributed by atoms with Gasteiger partial charge in [0.1, 0.15) is 12.2 Å². The normalized spacial score (nSPS) is 20.1. The topological polar surface area (TPSA) is 50.1 Å². The van der Waals surface area contributed by atoms with Crippen molar-refractivity contribution in [2.24, 2.45) is 5.92 Å². The van der Waals surface area contributed by atoms with Gasteiger partial charge < -0.3 is 4.74 Å². The zero-order valence-electron chi connectivity index (χ0n) is 16.7. The molecule has 0 bridgehead atoms. The third kappa shape index (κ3) is 7.68. The molecule has 3 nitrogen and oxygen atoms in total. The minimum absolute atomic E-state index is 0.00622. The zero-order valence-corrected chi connectivity index (χ0v) is 16.7. The first-order valence-electron chi connectivity index (χ1n) is 10.3. The second-order valence-electron chi connectivity index (χ2n) is 7.48. The summed E-state index contributed by atoms with van der Waals surface area (Å²) in [7, 11) is 0. The molecule has 0 atom stereocenters. The Hall–Kier alpha value is -2.41. The van der Waals surface area contributed by atoms with Crippen molar-refractivity contribution in [2.45, 2.75) is 70.8 Å². The summed E-state index contributed by atoms with van der Waals surface area (Å²) in [6.45, 7) is 2.17. The highest BCUT2D eigenvalue weighted by molar-refractivity contribution is 5.89. The Labute approximate surface area is 167 Å². The van der Waals surface area contributed by atoms with Crippen LogP contribution < -0.4 is 0 Å². The van der Waals surface area contributed by atoms with Gasteiger partial charge in [-0.15, -0.1) is 0 Å². The first-order chi connectivity index (χ1) is 13.6. The summed E-state index contributed by atoms with van der Waals surface area (Å²) in [6.07, 6.45) is 13.9. The number of hydrogen-bond acceptors (Lipinski definition) is 3. The summed E-state index contributed by atoms with van der Waals surface area (Å²) in [6, 6.07) is 9.23. The van der Waals surface area contributed by atoms with Crippen LogP contribution in [0.1, 0.15) is 74.2 Å². The minimum atomic E-state index is -0.769. The Bertz CT molecular complexity index is 707. The van der Waals surface area contributed by atoms with Crippen molar-refractivity contribution in [3.8, 4) is 6.07 Å². The molecule has 1 aliphatic rings. The molecule has 0 N–H and O–H groups in total. The van der Waals surface area contributed by atoms with Crippen molar-refractivity contribution in [1.29, 1.82) is 5.26 Å². The number of esters is 1. The highest BCUT2D eigenvalue weighted by atomic mass is 19.1. The van der Waals surface area contributed by atoms with Crippen LogP contribution in [-0.2, 0) is 11.2 Å². The van der Waals surface area contributed by atoms with Gasteiger partial charge in [-0.3, -0.25) is 0 Å². The van der Waals surface area contributed by atoms with Crippen LogP contribution in [0.4, 0.5) is 4.39 Å². The Kier molecular flexibility index (Phi) is 9.48. The first-order valence-corrected chi connectivity index (χ1v) is 10.3. The molecule has 4 heteroatoms. The van der Waals surface area contributed by atoms with E-state index in [-0.39, 0.29) is 12.1 Å². The molecule has 1 aromatic rings. The van der Waals surface area contributed by atoms with Gasteiger partial charge in [-0.05, 0) is 81.1 Å². The van der Waals surface area contributed by atoms with E-state index in [9.17, 15) is 9.18 Å². The van der Waals surface area contributed by atoms with Crippen LogP contribution in [0, 0.1) is 17.2 Å². The maximum Gasteiger partial charge on any atom is 0.338 e. The lowest BCUT2D eigenvalue weighted by Crippen LogP contribution is -2.24. The fourth-order valence-electron chi connectivity index (χ4n) is 3.56. The summed E-state index contributed by atoms with van der Waals surface area (Å²) in [5.41, 5.74) is 1.89. The Balaban J connectivity index is 1.69. The van der Waals surface area contributed by atoms with E-state index in [1.165, 1.54) is 24.1 Å². The third-order valence-corrected chi connectivity index (χ3v) is 5.30. The van der Waals surface area contributed by atoms with E-state index in [0.717, 1.165) is 51.4 Å². The van der Waals surface area contributed by atoms with E-state index >= 15 is 0 Å². The van der Waals surface area contributed by atoms with Gasteiger partial charge in [0.05, 0.1) is 5.56 Å². The molecular weight excluding hydrogens is 353 g/mol. The van der Waals surface area contributed by atoms with Crippen LogP contribution in [0.2, 0.25) is 0 Å². The molecule has 28 heavy (non-hydrogen) atoms. The van der Waals surface area contributed by atoms with Gasteiger partial charge in [0.2, 0.25) is 0 Å². The summed E-state index contributed by atoms with van der Waals surface area (Å²) in [5, 5.41) is 8.34. The number of nitriles is 1. The fraction of sp³-hybridized carbons (Fsp3) is 0.500. The maximum atomic E-state index is 12.7. The van der Waals surface area contributed by atoms with Gasteiger partial charge in [0.25, 0.3) is 0 Å². The molecule has 0 saturated heterocycles. The quantitative estimate of drug-likeness (QED) is 0.279. The molecule has 2 rings (SSSR count). The first kappa shape index (κ1) is 21.9. The SMILES string of the molecule is CCCCc1ccc(C(=O)OC2CCC(CCC=CC=C(F)C#N)CC2)cc1. The lowest BCUT2D eigenvalue weighted by atomic mass is 9.84. The fourth-order valence-corrected chi connectivity index (χ4v) is 3.56. The Morgan fingerprint density at radius 2 is 1.96 bits per heavy atom. The molecule has 1 fully saturated rings. The molecule has 1 saturated carbocycles. The predicted octanol–water partition coefficient (Wildman–Crippen LogP) is 6.46. The van der Waals surface area contributed by atoms with Crippen molar-refractivity contribution in [1.82, 2.24) is 0 Å². The molecular formula is C24H30FNO2. The third-order valence-electron chi connectivity index (χ3n) is 5.30. The van der Waals surface area contributed by atoms with Crippen molar-refractivity contribution in [3.05, 3.63) is 59.4 Å². The molecule has 150 valence electrons. The molecule has 0 radical (unpaired) electrons. The van der Waals surface area contributed by atoms with E-state index < -0.39 is 5.83 Å². The molecule has 0 amide bonds. The van der Waals surface area contributed by atoms with Crippen molar-refractivity contribution < 1.29 is 13.9 Å². The van der Waals surface area contributed by atoms with Gasteiger partial charge in [-0.1, -0.05) is 37.6 Å². The lowest BCUT2D eigenvalue weighted by Gasteiger charge is -2.28. The van der Waals surface area contributed by atoms with E-state index in [1.807, 2.05) is 30.3 Å². The van der Waals surface area contributed by atoms with Gasteiger partial charge in [0.15, 0.2) is 5.83 Å². The van der Waals surface area contributed by atoms with Crippen LogP contribution in [0.3, 0.4) is 0 Å².